The van der Waals surface area contributed by atoms with Crippen molar-refractivity contribution in [2.24, 2.45) is 0 Å². The van der Waals surface area contributed by atoms with Gasteiger partial charge in [-0.2, -0.15) is 0 Å². The van der Waals surface area contributed by atoms with Crippen molar-refractivity contribution in [3.05, 3.63) is 42.2 Å². The first kappa shape index (κ1) is 11.6. The number of phenols is 1. The molecule has 2 aromatic rings. The highest BCUT2D eigenvalue weighted by Gasteiger charge is 1.98. The standard InChI is InChI=1S/C12H16N4O/c17-12-5-2-1-4-11(12)10-13-6-3-8-16-9-7-14-15-16/h1-2,4-5,7,9,13,17H,3,6,8,10H2. The summed E-state index contributed by atoms with van der Waals surface area (Å²) in [6.07, 6.45) is 4.51. The summed E-state index contributed by atoms with van der Waals surface area (Å²) >= 11 is 0. The largest absolute Gasteiger partial charge is 0.508 e. The first-order chi connectivity index (χ1) is 8.36. The SMILES string of the molecule is Oc1ccccc1CNCCCn1ccnn1. The van der Waals surface area contributed by atoms with Gasteiger partial charge in [-0.1, -0.05) is 23.4 Å². The van der Waals surface area contributed by atoms with E-state index in [4.69, 9.17) is 0 Å². The lowest BCUT2D eigenvalue weighted by Crippen LogP contribution is -2.16. The maximum absolute atomic E-state index is 9.55. The molecule has 1 heterocycles. The van der Waals surface area contributed by atoms with E-state index in [2.05, 4.69) is 15.6 Å². The molecule has 0 amide bonds. The zero-order valence-corrected chi connectivity index (χ0v) is 9.58. The van der Waals surface area contributed by atoms with Gasteiger partial charge in [0.2, 0.25) is 0 Å². The lowest BCUT2D eigenvalue weighted by atomic mass is 10.2. The fourth-order valence-corrected chi connectivity index (χ4v) is 1.60. The van der Waals surface area contributed by atoms with Crippen LogP contribution in [0.4, 0.5) is 0 Å². The number of rotatable bonds is 6. The molecule has 17 heavy (non-hydrogen) atoms. The van der Waals surface area contributed by atoms with E-state index < -0.39 is 0 Å². The first-order valence-corrected chi connectivity index (χ1v) is 5.68. The average Bonchev–Trinajstić information content (AvgIpc) is 2.84. The Morgan fingerprint density at radius 3 is 2.94 bits per heavy atom. The molecular weight excluding hydrogens is 216 g/mol. The summed E-state index contributed by atoms with van der Waals surface area (Å²) in [5.41, 5.74) is 0.924. The smallest absolute Gasteiger partial charge is 0.120 e. The number of nitrogens with one attached hydrogen (secondary N) is 1. The van der Waals surface area contributed by atoms with Crippen LogP contribution < -0.4 is 5.32 Å². The molecule has 0 aliphatic carbocycles. The number of nitrogens with zero attached hydrogens (tertiary/aromatic N) is 3. The molecule has 0 aliphatic heterocycles. The molecule has 5 heteroatoms. The monoisotopic (exact) mass is 232 g/mol. The van der Waals surface area contributed by atoms with Crippen molar-refractivity contribution >= 4 is 0 Å². The lowest BCUT2D eigenvalue weighted by molar-refractivity contribution is 0.462. The van der Waals surface area contributed by atoms with Gasteiger partial charge in [0.1, 0.15) is 5.75 Å². The highest BCUT2D eigenvalue weighted by atomic mass is 16.3. The van der Waals surface area contributed by atoms with E-state index in [0.717, 1.165) is 25.1 Å². The number of hydrogen-bond donors (Lipinski definition) is 2. The zero-order chi connectivity index (χ0) is 11.9. The van der Waals surface area contributed by atoms with Gasteiger partial charge in [-0.05, 0) is 19.0 Å². The van der Waals surface area contributed by atoms with Crippen LogP contribution in [0.1, 0.15) is 12.0 Å². The lowest BCUT2D eigenvalue weighted by Gasteiger charge is -2.06. The number of para-hydroxylation sites is 1. The molecule has 1 aromatic carbocycles. The van der Waals surface area contributed by atoms with Gasteiger partial charge in [0.25, 0.3) is 0 Å². The highest BCUT2D eigenvalue weighted by Crippen LogP contribution is 2.14. The van der Waals surface area contributed by atoms with E-state index in [0.29, 0.717) is 12.3 Å². The van der Waals surface area contributed by atoms with Crippen molar-refractivity contribution in [1.29, 1.82) is 0 Å². The zero-order valence-electron chi connectivity index (χ0n) is 9.58. The second kappa shape index (κ2) is 6.00. The fraction of sp³-hybridized carbons (Fsp3) is 0.333. The molecule has 0 unspecified atom stereocenters. The molecule has 0 bridgehead atoms. The molecule has 0 atom stereocenters. The molecule has 0 saturated heterocycles. The van der Waals surface area contributed by atoms with E-state index in [-0.39, 0.29) is 0 Å². The molecular formula is C12H16N4O. The summed E-state index contributed by atoms with van der Waals surface area (Å²) in [5.74, 6) is 0.344. The Balaban J connectivity index is 1.65. The van der Waals surface area contributed by atoms with Gasteiger partial charge in [0, 0.05) is 24.8 Å². The number of phenolic OH excluding ortho intramolecular Hbond substituents is 1. The molecule has 0 saturated carbocycles. The van der Waals surface area contributed by atoms with Crippen LogP contribution in [0.2, 0.25) is 0 Å². The number of benzene rings is 1. The Morgan fingerprint density at radius 2 is 2.18 bits per heavy atom. The maximum atomic E-state index is 9.55. The fourth-order valence-electron chi connectivity index (χ4n) is 1.60. The van der Waals surface area contributed by atoms with E-state index >= 15 is 0 Å². The third-order valence-corrected chi connectivity index (χ3v) is 2.52. The maximum Gasteiger partial charge on any atom is 0.120 e. The highest BCUT2D eigenvalue weighted by molar-refractivity contribution is 5.31. The van der Waals surface area contributed by atoms with E-state index in [1.807, 2.05) is 29.1 Å². The summed E-state index contributed by atoms with van der Waals surface area (Å²) < 4.78 is 1.81. The average molecular weight is 232 g/mol. The second-order valence-corrected chi connectivity index (χ2v) is 3.83. The molecule has 0 aliphatic rings. The third kappa shape index (κ3) is 3.57. The first-order valence-electron chi connectivity index (χ1n) is 5.68. The van der Waals surface area contributed by atoms with Crippen molar-refractivity contribution in [2.75, 3.05) is 6.54 Å². The summed E-state index contributed by atoms with van der Waals surface area (Å²) in [7, 11) is 0. The van der Waals surface area contributed by atoms with E-state index in [9.17, 15) is 5.11 Å². The van der Waals surface area contributed by atoms with Gasteiger partial charge < -0.3 is 10.4 Å². The summed E-state index contributed by atoms with van der Waals surface area (Å²) in [5, 5.41) is 20.5. The Labute approximate surface area is 100 Å². The van der Waals surface area contributed by atoms with Crippen molar-refractivity contribution in [2.45, 2.75) is 19.5 Å². The number of aryl methyl sites for hydroxylation is 1. The molecule has 0 spiro atoms. The number of aromatic nitrogens is 3. The normalized spacial score (nSPS) is 10.6. The Bertz CT molecular complexity index is 442. The van der Waals surface area contributed by atoms with Gasteiger partial charge in [0.15, 0.2) is 0 Å². The van der Waals surface area contributed by atoms with Crippen molar-refractivity contribution in [3.8, 4) is 5.75 Å². The van der Waals surface area contributed by atoms with E-state index in [1.54, 1.807) is 12.3 Å². The van der Waals surface area contributed by atoms with Crippen molar-refractivity contribution in [3.63, 3.8) is 0 Å². The topological polar surface area (TPSA) is 63.0 Å². The van der Waals surface area contributed by atoms with Crippen LogP contribution in [0.5, 0.6) is 5.75 Å². The second-order valence-electron chi connectivity index (χ2n) is 3.83. The quantitative estimate of drug-likeness (QED) is 0.734. The van der Waals surface area contributed by atoms with Crippen LogP contribution in [-0.4, -0.2) is 26.6 Å². The Hall–Kier alpha value is -1.88. The molecule has 2 rings (SSSR count). The predicted molar refractivity (Wildman–Crippen MR) is 64.5 cm³/mol. The molecule has 90 valence electrons. The van der Waals surface area contributed by atoms with Crippen LogP contribution in [0.25, 0.3) is 0 Å². The minimum Gasteiger partial charge on any atom is -0.508 e. The summed E-state index contributed by atoms with van der Waals surface area (Å²) in [4.78, 5) is 0. The van der Waals surface area contributed by atoms with Gasteiger partial charge in [0.05, 0.1) is 6.20 Å². The van der Waals surface area contributed by atoms with Gasteiger partial charge in [-0.15, -0.1) is 5.10 Å². The summed E-state index contributed by atoms with van der Waals surface area (Å²) in [6.45, 7) is 2.42. The van der Waals surface area contributed by atoms with Crippen LogP contribution in [0.15, 0.2) is 36.7 Å². The minimum atomic E-state index is 0.344. The third-order valence-electron chi connectivity index (χ3n) is 2.52. The molecule has 0 radical (unpaired) electrons. The predicted octanol–water partition coefficient (Wildman–Crippen LogP) is 1.16. The summed E-state index contributed by atoms with van der Waals surface area (Å²) in [6, 6.07) is 7.36. The minimum absolute atomic E-state index is 0.344. The van der Waals surface area contributed by atoms with Crippen LogP contribution >= 0.6 is 0 Å². The molecule has 5 nitrogen and oxygen atoms in total. The van der Waals surface area contributed by atoms with Crippen LogP contribution in [0, 0.1) is 0 Å². The number of aromatic hydroxyl groups is 1. The van der Waals surface area contributed by atoms with Gasteiger partial charge in [-0.25, -0.2) is 0 Å². The molecule has 0 fully saturated rings. The van der Waals surface area contributed by atoms with Crippen LogP contribution in [-0.2, 0) is 13.1 Å². The Morgan fingerprint density at radius 1 is 1.29 bits per heavy atom. The van der Waals surface area contributed by atoms with E-state index in [1.165, 1.54) is 0 Å². The van der Waals surface area contributed by atoms with Gasteiger partial charge in [-0.3, -0.25) is 4.68 Å². The van der Waals surface area contributed by atoms with Crippen molar-refractivity contribution in [1.82, 2.24) is 20.3 Å². The Kier molecular flexibility index (Phi) is 4.10. The number of hydrogen-bond acceptors (Lipinski definition) is 4. The van der Waals surface area contributed by atoms with Crippen LogP contribution in [0.3, 0.4) is 0 Å². The molecule has 2 N–H and O–H groups in total. The molecule has 1 aromatic heterocycles. The van der Waals surface area contributed by atoms with Crippen molar-refractivity contribution < 1.29 is 5.11 Å². The van der Waals surface area contributed by atoms with Gasteiger partial charge >= 0.3 is 0 Å².